The van der Waals surface area contributed by atoms with Gasteiger partial charge in [0.25, 0.3) is 0 Å². The van der Waals surface area contributed by atoms with Crippen molar-refractivity contribution >= 4 is 17.9 Å². The number of halogens is 6. The molecule has 2 aliphatic heterocycles. The lowest BCUT2D eigenvalue weighted by atomic mass is 9.88. The standard InChI is InChI=1S/C33H42F6N4O5/c1-21-7-9-22(10-8-21)14-24-18-42(31(46)48-20-23-15-25(32(34,35)36)17-26(16-23)33(37,38)39)28-19-41(12-5-13-47-2)30(45)27(6-3-4-11-40)43(28)29(24)44/h7,9-10,15-17,21,24,27-28H,3-6,8,11-14,18-20,40H2,1-2H3/t21?,24-,27+,28-/m1/s1. The number of piperazine rings is 1. The van der Waals surface area contributed by atoms with Gasteiger partial charge in [0, 0.05) is 26.8 Å². The number of methoxy groups -OCH3 is 1. The normalized spacial score (nSPS) is 23.4. The second-order valence-corrected chi connectivity index (χ2v) is 12.5. The lowest BCUT2D eigenvalue weighted by Crippen LogP contribution is -2.73. The van der Waals surface area contributed by atoms with Crippen LogP contribution in [0.4, 0.5) is 31.1 Å². The number of ether oxygens (including phenoxy) is 2. The number of amides is 3. The fourth-order valence-corrected chi connectivity index (χ4v) is 6.34. The summed E-state index contributed by atoms with van der Waals surface area (Å²) in [5.74, 6) is -1.05. The molecule has 0 radical (unpaired) electrons. The first kappa shape index (κ1) is 37.2. The summed E-state index contributed by atoms with van der Waals surface area (Å²) in [6, 6.07) is 0.105. The van der Waals surface area contributed by atoms with Crippen LogP contribution in [-0.4, -0.2) is 84.7 Å². The third-order valence-corrected chi connectivity index (χ3v) is 8.84. The molecular formula is C33H42F6N4O5. The Hall–Kier alpha value is -3.59. The lowest BCUT2D eigenvalue weighted by molar-refractivity contribution is -0.173. The second kappa shape index (κ2) is 15.7. The number of hydrogen-bond acceptors (Lipinski definition) is 6. The van der Waals surface area contributed by atoms with Crippen LogP contribution in [0.25, 0.3) is 0 Å². The topological polar surface area (TPSA) is 105 Å². The predicted molar refractivity (Wildman–Crippen MR) is 163 cm³/mol. The molecule has 1 unspecified atom stereocenters. The van der Waals surface area contributed by atoms with Gasteiger partial charge < -0.3 is 25.0 Å². The minimum Gasteiger partial charge on any atom is -0.444 e. The third-order valence-electron chi connectivity index (χ3n) is 8.84. The van der Waals surface area contributed by atoms with Crippen LogP contribution in [0.3, 0.4) is 0 Å². The van der Waals surface area contributed by atoms with E-state index in [9.17, 15) is 40.7 Å². The zero-order chi connectivity index (χ0) is 35.2. The Kier molecular flexibility index (Phi) is 12.2. The highest BCUT2D eigenvalue weighted by Gasteiger charge is 2.52. The fraction of sp³-hybridized carbons (Fsp3) is 0.606. The molecule has 2 saturated heterocycles. The molecule has 2 fully saturated rings. The van der Waals surface area contributed by atoms with Crippen molar-refractivity contribution in [3.05, 3.63) is 58.7 Å². The van der Waals surface area contributed by atoms with Crippen molar-refractivity contribution in [2.24, 2.45) is 17.6 Å². The summed E-state index contributed by atoms with van der Waals surface area (Å²) in [5, 5.41) is 0. The molecule has 4 atom stereocenters. The molecule has 3 amide bonds. The van der Waals surface area contributed by atoms with Gasteiger partial charge in [0.2, 0.25) is 11.8 Å². The second-order valence-electron chi connectivity index (χ2n) is 12.5. The van der Waals surface area contributed by atoms with Crippen molar-refractivity contribution in [1.82, 2.24) is 14.7 Å². The van der Waals surface area contributed by atoms with Crippen LogP contribution >= 0.6 is 0 Å². The number of alkyl halides is 6. The molecule has 0 spiro atoms. The minimum absolute atomic E-state index is 0.00119. The van der Waals surface area contributed by atoms with Crippen LogP contribution in [0.5, 0.6) is 0 Å². The Bertz CT molecular complexity index is 1350. The van der Waals surface area contributed by atoms with E-state index in [2.05, 4.69) is 0 Å². The molecule has 1 aromatic rings. The first-order valence-corrected chi connectivity index (χ1v) is 16.0. The molecule has 48 heavy (non-hydrogen) atoms. The van der Waals surface area contributed by atoms with Gasteiger partial charge >= 0.3 is 18.4 Å². The van der Waals surface area contributed by atoms with Crippen molar-refractivity contribution in [3.63, 3.8) is 0 Å². The maximum Gasteiger partial charge on any atom is 0.416 e. The average Bonchev–Trinajstić information content (AvgIpc) is 3.03. The summed E-state index contributed by atoms with van der Waals surface area (Å²) in [7, 11) is 1.52. The number of nitrogens with zero attached hydrogens (tertiary/aromatic N) is 3. The molecule has 9 nitrogen and oxygen atoms in total. The third kappa shape index (κ3) is 9.10. The zero-order valence-electron chi connectivity index (χ0n) is 27.0. The molecule has 2 heterocycles. The van der Waals surface area contributed by atoms with Gasteiger partial charge in [-0.1, -0.05) is 30.7 Å². The quantitative estimate of drug-likeness (QED) is 0.222. The largest absolute Gasteiger partial charge is 0.444 e. The summed E-state index contributed by atoms with van der Waals surface area (Å²) in [5.41, 5.74) is 3.02. The maximum absolute atomic E-state index is 14.1. The van der Waals surface area contributed by atoms with Gasteiger partial charge in [-0.3, -0.25) is 14.5 Å². The van der Waals surface area contributed by atoms with E-state index in [1.807, 2.05) is 25.2 Å². The van der Waals surface area contributed by atoms with E-state index in [1.165, 1.54) is 16.9 Å². The Morgan fingerprint density at radius 2 is 1.67 bits per heavy atom. The van der Waals surface area contributed by atoms with Gasteiger partial charge in [-0.05, 0) is 74.8 Å². The van der Waals surface area contributed by atoms with Crippen LogP contribution in [0.15, 0.2) is 42.0 Å². The lowest BCUT2D eigenvalue weighted by Gasteiger charge is -2.53. The number of fused-ring (bicyclic) bond motifs is 1. The summed E-state index contributed by atoms with van der Waals surface area (Å²) in [4.78, 5) is 45.9. The maximum atomic E-state index is 14.1. The average molecular weight is 689 g/mol. The number of carbonyl (C=O) groups is 3. The van der Waals surface area contributed by atoms with Crippen molar-refractivity contribution < 1.29 is 50.2 Å². The first-order valence-electron chi connectivity index (χ1n) is 16.0. The van der Waals surface area contributed by atoms with Crippen molar-refractivity contribution in [1.29, 1.82) is 0 Å². The molecule has 1 aromatic carbocycles. The van der Waals surface area contributed by atoms with Gasteiger partial charge in [-0.15, -0.1) is 0 Å². The SMILES string of the molecule is COCCCN1C[C@@H]2N(C(=O)OCc3cc(C(F)(F)F)cc(C(F)(F)F)c3)C[C@@H](CC3=CCC(C)C=C3)C(=O)N2[C@@H](CCCCN)C1=O. The fourth-order valence-electron chi connectivity index (χ4n) is 6.34. The zero-order valence-corrected chi connectivity index (χ0v) is 27.0. The van der Waals surface area contributed by atoms with E-state index in [0.717, 1.165) is 12.0 Å². The number of benzene rings is 1. The van der Waals surface area contributed by atoms with Crippen LogP contribution in [-0.2, 0) is 38.0 Å². The molecule has 1 aliphatic carbocycles. The van der Waals surface area contributed by atoms with Gasteiger partial charge in [0.1, 0.15) is 18.8 Å². The van der Waals surface area contributed by atoms with E-state index in [1.54, 1.807) is 4.90 Å². The monoisotopic (exact) mass is 688 g/mol. The van der Waals surface area contributed by atoms with Crippen LogP contribution in [0.1, 0.15) is 62.1 Å². The molecule has 0 bridgehead atoms. The Labute approximate surface area is 275 Å². The van der Waals surface area contributed by atoms with Gasteiger partial charge in [0.05, 0.1) is 23.6 Å². The van der Waals surface area contributed by atoms with E-state index in [0.29, 0.717) is 56.9 Å². The van der Waals surface area contributed by atoms with Crippen molar-refractivity contribution in [2.75, 3.05) is 39.9 Å². The molecular weight excluding hydrogens is 646 g/mol. The number of allylic oxidation sites excluding steroid dienone is 4. The summed E-state index contributed by atoms with van der Waals surface area (Å²) < 4.78 is 91.2. The van der Waals surface area contributed by atoms with E-state index >= 15 is 0 Å². The van der Waals surface area contributed by atoms with E-state index < -0.39 is 59.9 Å². The molecule has 3 aliphatic rings. The van der Waals surface area contributed by atoms with Gasteiger partial charge in [-0.2, -0.15) is 26.3 Å². The van der Waals surface area contributed by atoms with Crippen LogP contribution < -0.4 is 5.73 Å². The first-order chi connectivity index (χ1) is 22.6. The number of hydrogen-bond donors (Lipinski definition) is 1. The van der Waals surface area contributed by atoms with Crippen LogP contribution in [0, 0.1) is 11.8 Å². The smallest absolute Gasteiger partial charge is 0.416 e. The molecule has 15 heteroatoms. The summed E-state index contributed by atoms with van der Waals surface area (Å²) in [6.45, 7) is 2.02. The molecule has 2 N–H and O–H groups in total. The Morgan fingerprint density at radius 1 is 0.979 bits per heavy atom. The van der Waals surface area contributed by atoms with Gasteiger partial charge in [0.15, 0.2) is 0 Å². The number of carbonyl (C=O) groups excluding carboxylic acids is 3. The number of unbranched alkanes of at least 4 members (excludes halogenated alkanes) is 1. The highest BCUT2D eigenvalue weighted by atomic mass is 19.4. The molecule has 0 saturated carbocycles. The highest BCUT2D eigenvalue weighted by molar-refractivity contribution is 5.91. The predicted octanol–water partition coefficient (Wildman–Crippen LogP) is 5.74. The molecule has 266 valence electrons. The molecule has 4 rings (SSSR count). The highest BCUT2D eigenvalue weighted by Crippen LogP contribution is 2.37. The van der Waals surface area contributed by atoms with E-state index in [4.69, 9.17) is 15.2 Å². The van der Waals surface area contributed by atoms with Crippen molar-refractivity contribution in [2.45, 2.75) is 76.6 Å². The van der Waals surface area contributed by atoms with Gasteiger partial charge in [-0.25, -0.2) is 4.79 Å². The summed E-state index contributed by atoms with van der Waals surface area (Å²) >= 11 is 0. The van der Waals surface area contributed by atoms with E-state index in [-0.39, 0.29) is 43.9 Å². The minimum atomic E-state index is -5.07. The van der Waals surface area contributed by atoms with Crippen molar-refractivity contribution in [3.8, 4) is 0 Å². The Morgan fingerprint density at radius 3 is 2.25 bits per heavy atom. The Balaban J connectivity index is 1.66. The molecule has 0 aromatic heterocycles. The number of rotatable bonds is 12. The summed E-state index contributed by atoms with van der Waals surface area (Å²) in [6.07, 6.45) is -3.25. The number of nitrogens with two attached hydrogens (primary N) is 1. The van der Waals surface area contributed by atoms with Crippen LogP contribution in [0.2, 0.25) is 0 Å².